The van der Waals surface area contributed by atoms with Crippen molar-refractivity contribution >= 4 is 17.7 Å². The van der Waals surface area contributed by atoms with Crippen LogP contribution in [-0.2, 0) is 16.6 Å². The van der Waals surface area contributed by atoms with Crippen LogP contribution < -0.4 is 10.1 Å². The largest absolute Gasteiger partial charge is 0.465 e. The Morgan fingerprint density at radius 1 is 0.943 bits per heavy atom. The van der Waals surface area contributed by atoms with Gasteiger partial charge in [0, 0.05) is 50.3 Å². The van der Waals surface area contributed by atoms with Crippen LogP contribution in [-0.4, -0.2) is 87.5 Å². The highest BCUT2D eigenvalue weighted by Gasteiger charge is 2.65. The fraction of sp³-hybridized carbons (Fsp3) is 0.860. The zero-order valence-electron chi connectivity index (χ0n) is 33.8. The van der Waals surface area contributed by atoms with Crippen LogP contribution in [0.1, 0.15) is 118 Å². The molecule has 0 radical (unpaired) electrons. The average Bonchev–Trinajstić information content (AvgIpc) is 3.77. The number of nitrogens with zero attached hydrogens (tertiary/aromatic N) is 5. The number of tetrazole rings is 1. The van der Waals surface area contributed by atoms with Crippen molar-refractivity contribution < 1.29 is 14.3 Å². The zero-order valence-corrected chi connectivity index (χ0v) is 34.6. The van der Waals surface area contributed by atoms with E-state index in [-0.39, 0.29) is 18.0 Å². The standard InChI is InChI=1S/C43H68N6O3S/c1-7-51-37(50)42(29-52-38-45-46-47-48(38)6)20-12-30(13-21-42)32-14-18-41(5)35(39(32,2)3)16-19-40(4)33-15-22-43(44-23-24-49-25-27-53-28-26-49)17-8-9-34(43)31(33)10-11-36(40)41/h12,14,31,33-36,44H,7-11,13,15-29H2,1-6H3/t31-,33?,34?,35?,36?,40-,41-,42?,43-/m0/s1. The third-order valence-corrected chi connectivity index (χ3v) is 17.8. The van der Waals surface area contributed by atoms with Gasteiger partial charge in [0.1, 0.15) is 12.0 Å². The van der Waals surface area contributed by atoms with E-state index in [1.807, 2.05) is 6.92 Å². The van der Waals surface area contributed by atoms with Crippen molar-refractivity contribution in [2.45, 2.75) is 124 Å². The van der Waals surface area contributed by atoms with Crippen LogP contribution in [0.2, 0.25) is 0 Å². The van der Waals surface area contributed by atoms with Crippen LogP contribution in [0.15, 0.2) is 23.3 Å². The van der Waals surface area contributed by atoms with Gasteiger partial charge in [0.2, 0.25) is 0 Å². The summed E-state index contributed by atoms with van der Waals surface area (Å²) in [6.07, 6.45) is 21.0. The normalized spacial score (nSPS) is 40.9. The number of hydrogen-bond acceptors (Lipinski definition) is 9. The van der Waals surface area contributed by atoms with Gasteiger partial charge in [-0.15, -0.1) is 0 Å². The average molecular weight is 749 g/mol. The molecule has 1 N–H and O–H groups in total. The molecule has 294 valence electrons. The van der Waals surface area contributed by atoms with Gasteiger partial charge in [-0.1, -0.05) is 51.4 Å². The minimum atomic E-state index is -0.733. The van der Waals surface area contributed by atoms with E-state index in [0.29, 0.717) is 47.7 Å². The number of hydrogen-bond donors (Lipinski definition) is 1. The number of ether oxygens (including phenoxy) is 2. The second kappa shape index (κ2) is 14.5. The minimum Gasteiger partial charge on any atom is -0.465 e. The third-order valence-electron chi connectivity index (χ3n) is 16.8. The molecule has 2 heterocycles. The SMILES string of the molecule is CCOC(=O)C1(COc2nnnn2C)CC=C(C2=CC[C@@]3(C)C(CC[C@@]4(C)C5CC[C@@]6(NCCN7CCSCC7)CCCC6[C@H]5CCC43)C2(C)C)CC1. The number of aryl methyl sites for hydroxylation is 1. The predicted octanol–water partition coefficient (Wildman–Crippen LogP) is 7.64. The first-order chi connectivity index (χ1) is 25.5. The number of thioether (sulfide) groups is 1. The summed E-state index contributed by atoms with van der Waals surface area (Å²) in [5, 5.41) is 15.9. The number of fused-ring (bicyclic) bond motifs is 7. The van der Waals surface area contributed by atoms with Crippen molar-refractivity contribution in [3.8, 4) is 6.01 Å². The molecule has 9 atom stereocenters. The second-order valence-electron chi connectivity index (χ2n) is 19.4. The van der Waals surface area contributed by atoms with Crippen molar-refractivity contribution in [2.24, 2.45) is 58.3 Å². The summed E-state index contributed by atoms with van der Waals surface area (Å²) in [6.45, 7) is 18.0. The molecule has 53 heavy (non-hydrogen) atoms. The van der Waals surface area contributed by atoms with Gasteiger partial charge in [0.25, 0.3) is 0 Å². The van der Waals surface area contributed by atoms with E-state index in [1.165, 1.54) is 118 Å². The van der Waals surface area contributed by atoms with E-state index < -0.39 is 5.41 Å². The van der Waals surface area contributed by atoms with E-state index in [0.717, 1.165) is 30.1 Å². The maximum atomic E-state index is 13.4. The number of rotatable bonds is 10. The lowest BCUT2D eigenvalue weighted by molar-refractivity contribution is -0.175. The summed E-state index contributed by atoms with van der Waals surface area (Å²) in [7, 11) is 1.75. The number of nitrogens with one attached hydrogen (secondary N) is 1. The molecule has 10 heteroatoms. The summed E-state index contributed by atoms with van der Waals surface area (Å²) in [5.41, 5.74) is 3.49. The van der Waals surface area contributed by atoms with Crippen molar-refractivity contribution in [3.05, 3.63) is 23.3 Å². The van der Waals surface area contributed by atoms with E-state index in [9.17, 15) is 4.79 Å². The monoisotopic (exact) mass is 749 g/mol. The Morgan fingerprint density at radius 2 is 1.77 bits per heavy atom. The Labute approximate surface area is 323 Å². The molecule has 1 aliphatic heterocycles. The highest BCUT2D eigenvalue weighted by Crippen LogP contribution is 2.72. The molecule has 0 bridgehead atoms. The molecule has 0 amide bonds. The molecule has 5 fully saturated rings. The van der Waals surface area contributed by atoms with Gasteiger partial charge in [0.15, 0.2) is 0 Å². The Kier molecular flexibility index (Phi) is 10.4. The smallest absolute Gasteiger partial charge is 0.335 e. The summed E-state index contributed by atoms with van der Waals surface area (Å²) in [6, 6.07) is 0.326. The van der Waals surface area contributed by atoms with Crippen molar-refractivity contribution in [1.82, 2.24) is 30.4 Å². The first-order valence-electron chi connectivity index (χ1n) is 21.4. The van der Waals surface area contributed by atoms with Crippen LogP contribution in [0.4, 0.5) is 0 Å². The van der Waals surface area contributed by atoms with Crippen LogP contribution in [0, 0.1) is 51.2 Å². The summed E-state index contributed by atoms with van der Waals surface area (Å²) in [5.74, 6) is 6.53. The molecule has 7 aliphatic rings. The van der Waals surface area contributed by atoms with Crippen molar-refractivity contribution in [2.75, 3.05) is 50.9 Å². The first-order valence-corrected chi connectivity index (χ1v) is 22.6. The Balaban J connectivity index is 0.977. The van der Waals surface area contributed by atoms with E-state index in [2.05, 4.69) is 77.4 Å². The number of esters is 1. The highest BCUT2D eigenvalue weighted by atomic mass is 32.2. The summed E-state index contributed by atoms with van der Waals surface area (Å²) >= 11 is 2.12. The lowest BCUT2D eigenvalue weighted by atomic mass is 9.37. The Hall–Kier alpha value is -1.91. The van der Waals surface area contributed by atoms with Gasteiger partial charge in [0.05, 0.1) is 6.61 Å². The van der Waals surface area contributed by atoms with Gasteiger partial charge in [-0.2, -0.15) is 16.4 Å². The molecule has 1 saturated heterocycles. The minimum absolute atomic E-state index is 0.0892. The number of allylic oxidation sites excluding steroid dienone is 4. The fourth-order valence-corrected chi connectivity index (χ4v) is 15.3. The van der Waals surface area contributed by atoms with Gasteiger partial charge in [-0.05, 0) is 151 Å². The van der Waals surface area contributed by atoms with E-state index in [4.69, 9.17) is 9.47 Å². The van der Waals surface area contributed by atoms with Crippen LogP contribution in [0.5, 0.6) is 6.01 Å². The van der Waals surface area contributed by atoms with Crippen LogP contribution >= 0.6 is 11.8 Å². The topological polar surface area (TPSA) is 94.4 Å². The maximum absolute atomic E-state index is 13.4. The number of carbonyl (C=O) groups is 1. The zero-order chi connectivity index (χ0) is 37.1. The first kappa shape index (κ1) is 38.0. The fourth-order valence-electron chi connectivity index (χ4n) is 14.3. The molecule has 6 aliphatic carbocycles. The predicted molar refractivity (Wildman–Crippen MR) is 211 cm³/mol. The molecule has 5 unspecified atom stereocenters. The van der Waals surface area contributed by atoms with Gasteiger partial charge in [-0.25, -0.2) is 0 Å². The molecule has 9 nitrogen and oxygen atoms in total. The molecule has 8 rings (SSSR count). The second-order valence-corrected chi connectivity index (χ2v) is 20.7. The van der Waals surface area contributed by atoms with Crippen LogP contribution in [0.3, 0.4) is 0 Å². The third kappa shape index (κ3) is 6.44. The van der Waals surface area contributed by atoms with E-state index in [1.54, 1.807) is 7.05 Å². The van der Waals surface area contributed by atoms with Crippen molar-refractivity contribution in [1.29, 1.82) is 0 Å². The molecular weight excluding hydrogens is 681 g/mol. The quantitative estimate of drug-likeness (QED) is 0.243. The van der Waals surface area contributed by atoms with Gasteiger partial charge >= 0.3 is 12.0 Å². The number of carbonyl (C=O) groups excluding carboxylic acids is 1. The summed E-state index contributed by atoms with van der Waals surface area (Å²) < 4.78 is 13.2. The maximum Gasteiger partial charge on any atom is 0.335 e. The number of aromatic nitrogens is 4. The molecule has 0 aromatic carbocycles. The van der Waals surface area contributed by atoms with Crippen LogP contribution in [0.25, 0.3) is 0 Å². The van der Waals surface area contributed by atoms with E-state index >= 15 is 0 Å². The van der Waals surface area contributed by atoms with Crippen molar-refractivity contribution in [3.63, 3.8) is 0 Å². The Bertz CT molecular complexity index is 1570. The Morgan fingerprint density at radius 3 is 2.51 bits per heavy atom. The highest BCUT2D eigenvalue weighted by molar-refractivity contribution is 7.99. The lowest BCUT2D eigenvalue weighted by Gasteiger charge is -2.68. The lowest BCUT2D eigenvalue weighted by Crippen LogP contribution is -2.64. The molecule has 1 aromatic heterocycles. The molecule has 0 spiro atoms. The van der Waals surface area contributed by atoms with Gasteiger partial charge in [-0.3, -0.25) is 4.79 Å². The molecular formula is C43H68N6O3S. The summed E-state index contributed by atoms with van der Waals surface area (Å²) in [4.78, 5) is 16.1. The molecule has 4 saturated carbocycles. The van der Waals surface area contributed by atoms with Gasteiger partial charge < -0.3 is 19.7 Å². The molecule has 1 aromatic rings.